The fourth-order valence-corrected chi connectivity index (χ4v) is 1.97. The van der Waals surface area contributed by atoms with Gasteiger partial charge in [-0.15, -0.1) is 0 Å². The number of hydrogen-bond acceptors (Lipinski definition) is 2. The number of aryl methyl sites for hydroxylation is 1. The van der Waals surface area contributed by atoms with E-state index in [-0.39, 0.29) is 0 Å². The number of nitrogens with zero attached hydrogens (tertiary/aromatic N) is 1. The minimum absolute atomic E-state index is 0.390. The summed E-state index contributed by atoms with van der Waals surface area (Å²) >= 11 is 0. The van der Waals surface area contributed by atoms with Gasteiger partial charge in [0.25, 0.3) is 0 Å². The molecule has 0 unspecified atom stereocenters. The summed E-state index contributed by atoms with van der Waals surface area (Å²) < 4.78 is 0. The zero-order chi connectivity index (χ0) is 13.4. The highest BCUT2D eigenvalue weighted by Gasteiger charge is 2.02. The number of hydrogen-bond donors (Lipinski definition) is 0. The van der Waals surface area contributed by atoms with Gasteiger partial charge in [-0.25, -0.2) is 0 Å². The van der Waals surface area contributed by atoms with Crippen molar-refractivity contribution in [2.45, 2.75) is 65.2 Å². The van der Waals surface area contributed by atoms with Crippen molar-refractivity contribution in [3.8, 4) is 0 Å². The lowest BCUT2D eigenvalue weighted by Crippen LogP contribution is -1.96. The zero-order valence-corrected chi connectivity index (χ0v) is 11.9. The van der Waals surface area contributed by atoms with Gasteiger partial charge in [0.2, 0.25) is 0 Å². The van der Waals surface area contributed by atoms with Crippen LogP contribution in [0.25, 0.3) is 0 Å². The van der Waals surface area contributed by atoms with Gasteiger partial charge in [0.15, 0.2) is 0 Å². The Labute approximate surface area is 111 Å². The molecule has 0 atom stereocenters. The van der Waals surface area contributed by atoms with Gasteiger partial charge in [-0.3, -0.25) is 9.78 Å². The van der Waals surface area contributed by atoms with Crippen LogP contribution in [0, 0.1) is 0 Å². The van der Waals surface area contributed by atoms with Gasteiger partial charge in [0.05, 0.1) is 0 Å². The van der Waals surface area contributed by atoms with E-state index in [1.54, 1.807) is 0 Å². The highest BCUT2D eigenvalue weighted by atomic mass is 16.1. The third-order valence-electron chi connectivity index (χ3n) is 3.25. The van der Waals surface area contributed by atoms with Gasteiger partial charge in [-0.1, -0.05) is 27.2 Å². The summed E-state index contributed by atoms with van der Waals surface area (Å²) in [6.07, 6.45) is 7.79. The summed E-state index contributed by atoms with van der Waals surface area (Å²) in [5, 5.41) is 0. The molecule has 0 aliphatic rings. The molecule has 0 N–H and O–H groups in total. The predicted molar refractivity (Wildman–Crippen MR) is 75.8 cm³/mol. The Balaban J connectivity index is 2.27. The molecule has 0 aliphatic heterocycles. The first-order chi connectivity index (χ1) is 8.63. The molecule has 1 rings (SSSR count). The molecule has 18 heavy (non-hydrogen) atoms. The number of unbranched alkanes of at least 4 members (excludes halogenated alkanes) is 2. The van der Waals surface area contributed by atoms with Crippen LogP contribution in [0.4, 0.5) is 0 Å². The van der Waals surface area contributed by atoms with Crippen molar-refractivity contribution < 1.29 is 4.79 Å². The van der Waals surface area contributed by atoms with Crippen molar-refractivity contribution in [1.29, 1.82) is 0 Å². The number of ketones is 1. The summed E-state index contributed by atoms with van der Waals surface area (Å²) in [5.41, 5.74) is 2.55. The molecular formula is C16H25NO. The normalized spacial score (nSPS) is 10.9. The lowest BCUT2D eigenvalue weighted by atomic mass is 10.0. The van der Waals surface area contributed by atoms with Crippen molar-refractivity contribution >= 4 is 5.78 Å². The zero-order valence-electron chi connectivity index (χ0n) is 11.9. The molecule has 0 aliphatic carbocycles. The number of pyridine rings is 1. The molecule has 2 heteroatoms. The van der Waals surface area contributed by atoms with Crippen LogP contribution in [0.2, 0.25) is 0 Å². The lowest BCUT2D eigenvalue weighted by Gasteiger charge is -2.07. The quantitative estimate of drug-likeness (QED) is 0.641. The van der Waals surface area contributed by atoms with E-state index in [0.717, 1.165) is 25.7 Å². The first-order valence-electron chi connectivity index (χ1n) is 7.10. The minimum atomic E-state index is 0.390. The number of aromatic nitrogens is 1. The second kappa shape index (κ2) is 8.02. The maximum absolute atomic E-state index is 11.2. The fourth-order valence-electron chi connectivity index (χ4n) is 1.97. The van der Waals surface area contributed by atoms with E-state index in [1.165, 1.54) is 17.7 Å². The van der Waals surface area contributed by atoms with E-state index in [4.69, 9.17) is 0 Å². The summed E-state index contributed by atoms with van der Waals surface area (Å²) in [6, 6.07) is 4.31. The second-order valence-corrected chi connectivity index (χ2v) is 5.20. The molecule has 0 saturated carbocycles. The van der Waals surface area contributed by atoms with Crippen molar-refractivity contribution in [3.63, 3.8) is 0 Å². The Morgan fingerprint density at radius 2 is 2.06 bits per heavy atom. The molecule has 1 aromatic heterocycles. The van der Waals surface area contributed by atoms with Gasteiger partial charge in [0.1, 0.15) is 5.78 Å². The second-order valence-electron chi connectivity index (χ2n) is 5.20. The molecule has 1 heterocycles. The van der Waals surface area contributed by atoms with Crippen LogP contribution in [-0.4, -0.2) is 10.8 Å². The number of carbonyl (C=O) groups is 1. The van der Waals surface area contributed by atoms with Crippen molar-refractivity contribution in [2.75, 3.05) is 0 Å². The molecule has 0 amide bonds. The van der Waals surface area contributed by atoms with Crippen LogP contribution in [0.15, 0.2) is 18.3 Å². The highest BCUT2D eigenvalue weighted by Crippen LogP contribution is 2.14. The topological polar surface area (TPSA) is 30.0 Å². The molecule has 0 bridgehead atoms. The summed E-state index contributed by atoms with van der Waals surface area (Å²) in [7, 11) is 0. The molecule has 0 fully saturated rings. The van der Waals surface area contributed by atoms with E-state index in [1.807, 2.05) is 13.1 Å². The Kier molecular flexibility index (Phi) is 6.63. The molecular weight excluding hydrogens is 222 g/mol. The SMILES string of the molecule is CCC(=O)CCCCCc1ccnc(C(C)C)c1. The van der Waals surface area contributed by atoms with Crippen molar-refractivity contribution in [1.82, 2.24) is 4.98 Å². The van der Waals surface area contributed by atoms with E-state index < -0.39 is 0 Å². The van der Waals surface area contributed by atoms with Gasteiger partial charge in [0, 0.05) is 24.7 Å². The first-order valence-corrected chi connectivity index (χ1v) is 7.10. The van der Waals surface area contributed by atoms with Gasteiger partial charge < -0.3 is 0 Å². The van der Waals surface area contributed by atoms with Gasteiger partial charge in [-0.2, -0.15) is 0 Å². The van der Waals surface area contributed by atoms with E-state index in [2.05, 4.69) is 31.0 Å². The Hall–Kier alpha value is -1.18. The van der Waals surface area contributed by atoms with Crippen LogP contribution in [0.1, 0.15) is 70.1 Å². The smallest absolute Gasteiger partial charge is 0.132 e. The lowest BCUT2D eigenvalue weighted by molar-refractivity contribution is -0.118. The third kappa shape index (κ3) is 5.44. The standard InChI is InChI=1S/C16H25NO/c1-4-15(18)9-7-5-6-8-14-10-11-17-16(12-14)13(2)3/h10-13H,4-9H2,1-3H3. The van der Waals surface area contributed by atoms with Crippen molar-refractivity contribution in [3.05, 3.63) is 29.6 Å². The van der Waals surface area contributed by atoms with Crippen LogP contribution in [-0.2, 0) is 11.2 Å². The highest BCUT2D eigenvalue weighted by molar-refractivity contribution is 5.77. The summed E-state index contributed by atoms with van der Waals surface area (Å²) in [4.78, 5) is 15.5. The van der Waals surface area contributed by atoms with Crippen LogP contribution in [0.5, 0.6) is 0 Å². The summed E-state index contributed by atoms with van der Waals surface area (Å²) in [5.74, 6) is 0.883. The molecule has 100 valence electrons. The molecule has 0 saturated heterocycles. The van der Waals surface area contributed by atoms with E-state index >= 15 is 0 Å². The maximum atomic E-state index is 11.2. The first kappa shape index (κ1) is 14.9. The van der Waals surface area contributed by atoms with Crippen LogP contribution < -0.4 is 0 Å². The van der Waals surface area contributed by atoms with Crippen LogP contribution in [0.3, 0.4) is 0 Å². The molecule has 0 radical (unpaired) electrons. The molecule has 2 nitrogen and oxygen atoms in total. The number of carbonyl (C=O) groups excluding carboxylic acids is 1. The summed E-state index contributed by atoms with van der Waals surface area (Å²) in [6.45, 7) is 6.28. The minimum Gasteiger partial charge on any atom is -0.300 e. The van der Waals surface area contributed by atoms with Crippen molar-refractivity contribution in [2.24, 2.45) is 0 Å². The van der Waals surface area contributed by atoms with E-state index in [9.17, 15) is 4.79 Å². The molecule has 0 aromatic carbocycles. The van der Waals surface area contributed by atoms with Crippen LogP contribution >= 0.6 is 0 Å². The number of Topliss-reactive ketones (excluding diaryl/α,β-unsaturated/α-hetero) is 1. The third-order valence-corrected chi connectivity index (χ3v) is 3.25. The van der Waals surface area contributed by atoms with E-state index in [0.29, 0.717) is 18.1 Å². The monoisotopic (exact) mass is 247 g/mol. The maximum Gasteiger partial charge on any atom is 0.132 e. The predicted octanol–water partition coefficient (Wildman–Crippen LogP) is 4.29. The largest absolute Gasteiger partial charge is 0.300 e. The Morgan fingerprint density at radius 3 is 2.72 bits per heavy atom. The average Bonchev–Trinajstić information content (AvgIpc) is 2.38. The molecule has 1 aromatic rings. The van der Waals surface area contributed by atoms with Gasteiger partial charge in [-0.05, 0) is 42.9 Å². The average molecular weight is 247 g/mol. The molecule has 0 spiro atoms. The van der Waals surface area contributed by atoms with Gasteiger partial charge >= 0.3 is 0 Å². The Morgan fingerprint density at radius 1 is 1.28 bits per heavy atom. The fraction of sp³-hybridized carbons (Fsp3) is 0.625. The number of rotatable bonds is 8. The Bertz CT molecular complexity index is 371.